The minimum atomic E-state index is -0.322. The first-order valence-electron chi connectivity index (χ1n) is 10.8. The summed E-state index contributed by atoms with van der Waals surface area (Å²) in [5.74, 6) is 0. The topological polar surface area (TPSA) is 24.7 Å². The molecule has 3 aromatic rings. The SMILES string of the molecule is C=CCCCCc1ccc(/C=N/N=C/c2ccc(-c3ccc(CCF)cc3)cc2)cc1. The van der Waals surface area contributed by atoms with Crippen LogP contribution < -0.4 is 0 Å². The highest BCUT2D eigenvalue weighted by Gasteiger charge is 1.99. The Kier molecular flexibility index (Phi) is 8.93. The Bertz CT molecular complexity index is 985. The highest BCUT2D eigenvalue weighted by molar-refractivity contribution is 5.83. The van der Waals surface area contributed by atoms with Crippen LogP contribution in [0.15, 0.2) is 95.7 Å². The van der Waals surface area contributed by atoms with Crippen molar-refractivity contribution < 1.29 is 4.39 Å². The average Bonchev–Trinajstić information content (AvgIpc) is 2.82. The van der Waals surface area contributed by atoms with E-state index >= 15 is 0 Å². The molecule has 0 atom stereocenters. The Balaban J connectivity index is 1.51. The smallest absolute Gasteiger partial charge is 0.0934 e. The van der Waals surface area contributed by atoms with Gasteiger partial charge in [-0.25, -0.2) is 0 Å². The van der Waals surface area contributed by atoms with Gasteiger partial charge in [-0.05, 0) is 59.1 Å². The summed E-state index contributed by atoms with van der Waals surface area (Å²) in [4.78, 5) is 0. The zero-order chi connectivity index (χ0) is 21.7. The van der Waals surface area contributed by atoms with Crippen LogP contribution in [0.25, 0.3) is 11.1 Å². The van der Waals surface area contributed by atoms with E-state index in [1.54, 1.807) is 12.4 Å². The van der Waals surface area contributed by atoms with E-state index in [9.17, 15) is 4.39 Å². The predicted octanol–water partition coefficient (Wildman–Crippen LogP) is 7.22. The molecule has 2 nitrogen and oxygen atoms in total. The quantitative estimate of drug-likeness (QED) is 0.137. The van der Waals surface area contributed by atoms with Crippen LogP contribution in [-0.4, -0.2) is 19.1 Å². The van der Waals surface area contributed by atoms with Crippen LogP contribution in [0.2, 0.25) is 0 Å². The number of rotatable bonds is 11. The third-order valence-electron chi connectivity index (χ3n) is 5.16. The summed E-state index contributed by atoms with van der Waals surface area (Å²) in [7, 11) is 0. The maximum Gasteiger partial charge on any atom is 0.0934 e. The van der Waals surface area contributed by atoms with Gasteiger partial charge in [0.05, 0.1) is 19.1 Å². The molecule has 158 valence electrons. The summed E-state index contributed by atoms with van der Waals surface area (Å²) in [5, 5.41) is 8.33. The lowest BCUT2D eigenvalue weighted by Crippen LogP contribution is -1.87. The van der Waals surface area contributed by atoms with Crippen LogP contribution in [0.4, 0.5) is 4.39 Å². The summed E-state index contributed by atoms with van der Waals surface area (Å²) < 4.78 is 12.4. The fraction of sp³-hybridized carbons (Fsp3) is 0.214. The lowest BCUT2D eigenvalue weighted by Gasteiger charge is -2.04. The van der Waals surface area contributed by atoms with Crippen LogP contribution in [0.5, 0.6) is 0 Å². The Hall–Kier alpha value is -3.33. The fourth-order valence-corrected chi connectivity index (χ4v) is 3.32. The molecule has 31 heavy (non-hydrogen) atoms. The number of alkyl halides is 1. The third-order valence-corrected chi connectivity index (χ3v) is 5.16. The number of benzene rings is 3. The van der Waals surface area contributed by atoms with E-state index in [4.69, 9.17) is 0 Å². The molecule has 0 saturated carbocycles. The highest BCUT2D eigenvalue weighted by Crippen LogP contribution is 2.20. The number of halogens is 1. The number of hydrogen-bond donors (Lipinski definition) is 0. The molecule has 3 rings (SSSR count). The molecular formula is C28H29FN2. The second-order valence-corrected chi connectivity index (χ2v) is 7.52. The molecule has 3 aromatic carbocycles. The van der Waals surface area contributed by atoms with Crippen molar-refractivity contribution in [1.82, 2.24) is 0 Å². The molecule has 0 unspecified atom stereocenters. The van der Waals surface area contributed by atoms with Gasteiger partial charge in [0.2, 0.25) is 0 Å². The van der Waals surface area contributed by atoms with Crippen LogP contribution in [0, 0.1) is 0 Å². The minimum Gasteiger partial charge on any atom is -0.251 e. The number of aryl methyl sites for hydroxylation is 2. The normalized spacial score (nSPS) is 11.4. The van der Waals surface area contributed by atoms with Crippen molar-refractivity contribution in [2.45, 2.75) is 32.1 Å². The van der Waals surface area contributed by atoms with Crippen molar-refractivity contribution >= 4 is 12.4 Å². The molecule has 0 fully saturated rings. The molecule has 0 aliphatic rings. The van der Waals surface area contributed by atoms with Gasteiger partial charge < -0.3 is 0 Å². The van der Waals surface area contributed by atoms with Crippen molar-refractivity contribution in [1.29, 1.82) is 0 Å². The van der Waals surface area contributed by atoms with E-state index in [2.05, 4.69) is 53.2 Å². The zero-order valence-electron chi connectivity index (χ0n) is 17.9. The van der Waals surface area contributed by atoms with E-state index in [-0.39, 0.29) is 6.67 Å². The Morgan fingerprint density at radius 3 is 1.68 bits per heavy atom. The molecular weight excluding hydrogens is 383 g/mol. The molecule has 0 aromatic heterocycles. The van der Waals surface area contributed by atoms with Crippen molar-refractivity contribution in [3.05, 3.63) is 108 Å². The summed E-state index contributed by atoms with van der Waals surface area (Å²) >= 11 is 0. The molecule has 0 bridgehead atoms. The Morgan fingerprint density at radius 2 is 1.13 bits per heavy atom. The van der Waals surface area contributed by atoms with Crippen molar-refractivity contribution in [2.75, 3.05) is 6.67 Å². The van der Waals surface area contributed by atoms with Gasteiger partial charge in [0.15, 0.2) is 0 Å². The highest BCUT2D eigenvalue weighted by atomic mass is 19.1. The fourth-order valence-electron chi connectivity index (χ4n) is 3.32. The molecule has 0 aliphatic heterocycles. The van der Waals surface area contributed by atoms with E-state index in [1.807, 2.05) is 42.5 Å². The molecule has 0 saturated heterocycles. The summed E-state index contributed by atoms with van der Waals surface area (Å²) in [6.45, 7) is 3.44. The second-order valence-electron chi connectivity index (χ2n) is 7.52. The maximum absolute atomic E-state index is 12.4. The molecule has 0 amide bonds. The second kappa shape index (κ2) is 12.4. The van der Waals surface area contributed by atoms with Crippen molar-refractivity contribution in [3.63, 3.8) is 0 Å². The van der Waals surface area contributed by atoms with E-state index in [0.29, 0.717) is 6.42 Å². The van der Waals surface area contributed by atoms with E-state index in [0.717, 1.165) is 40.7 Å². The van der Waals surface area contributed by atoms with Gasteiger partial charge in [0, 0.05) is 6.42 Å². The first kappa shape index (κ1) is 22.4. The van der Waals surface area contributed by atoms with Gasteiger partial charge in [0.25, 0.3) is 0 Å². The summed E-state index contributed by atoms with van der Waals surface area (Å²) in [6.07, 6.45) is 10.5. The first-order chi connectivity index (χ1) is 15.3. The molecule has 0 aliphatic carbocycles. The van der Waals surface area contributed by atoms with Gasteiger partial charge in [-0.3, -0.25) is 4.39 Å². The predicted molar refractivity (Wildman–Crippen MR) is 131 cm³/mol. The molecule has 0 heterocycles. The van der Waals surface area contributed by atoms with Gasteiger partial charge >= 0.3 is 0 Å². The van der Waals surface area contributed by atoms with Crippen molar-refractivity contribution in [3.8, 4) is 11.1 Å². The molecule has 3 heteroatoms. The Labute approximate surface area is 184 Å². The Morgan fingerprint density at radius 1 is 0.645 bits per heavy atom. The monoisotopic (exact) mass is 412 g/mol. The molecule has 0 spiro atoms. The summed E-state index contributed by atoms with van der Waals surface area (Å²) in [5.41, 5.74) is 6.64. The van der Waals surface area contributed by atoms with E-state index in [1.165, 1.54) is 18.4 Å². The number of allylic oxidation sites excluding steroid dienone is 1. The first-order valence-corrected chi connectivity index (χ1v) is 10.8. The molecule has 0 radical (unpaired) electrons. The van der Waals surface area contributed by atoms with Gasteiger partial charge in [-0.1, -0.05) is 78.9 Å². The van der Waals surface area contributed by atoms with Gasteiger partial charge in [0.1, 0.15) is 0 Å². The lowest BCUT2D eigenvalue weighted by atomic mass is 10.0. The largest absolute Gasteiger partial charge is 0.251 e. The third kappa shape index (κ3) is 7.45. The van der Waals surface area contributed by atoms with Gasteiger partial charge in [-0.2, -0.15) is 10.2 Å². The average molecular weight is 413 g/mol. The maximum atomic E-state index is 12.4. The zero-order valence-corrected chi connectivity index (χ0v) is 17.9. The summed E-state index contributed by atoms with van der Waals surface area (Å²) in [6, 6.07) is 24.6. The standard InChI is InChI=1S/C28H29FN2/c1-2-3-4-5-6-23-7-9-25(10-8-23)21-30-31-22-26-13-17-28(18-14-26)27-15-11-24(12-16-27)19-20-29/h2,7-18,21-22H,1,3-6,19-20H2/b30-21+,31-22+. The number of nitrogens with zero attached hydrogens (tertiary/aromatic N) is 2. The lowest BCUT2D eigenvalue weighted by molar-refractivity contribution is 0.495. The van der Waals surface area contributed by atoms with Crippen LogP contribution in [0.3, 0.4) is 0 Å². The minimum absolute atomic E-state index is 0.322. The van der Waals surface area contributed by atoms with Gasteiger partial charge in [-0.15, -0.1) is 6.58 Å². The van der Waals surface area contributed by atoms with E-state index < -0.39 is 0 Å². The number of hydrogen-bond acceptors (Lipinski definition) is 2. The van der Waals surface area contributed by atoms with Crippen LogP contribution in [-0.2, 0) is 12.8 Å². The van der Waals surface area contributed by atoms with Crippen LogP contribution in [0.1, 0.15) is 41.5 Å². The van der Waals surface area contributed by atoms with Crippen LogP contribution >= 0.6 is 0 Å². The molecule has 0 N–H and O–H groups in total. The number of unbranched alkanes of at least 4 members (excludes halogenated alkanes) is 2. The van der Waals surface area contributed by atoms with Crippen molar-refractivity contribution in [2.24, 2.45) is 10.2 Å².